The summed E-state index contributed by atoms with van der Waals surface area (Å²) in [6.07, 6.45) is 1.34. The van der Waals surface area contributed by atoms with Gasteiger partial charge in [-0.05, 0) is 23.8 Å². The standard InChI is InChI=1S/C15H16N2O9S3/c18-27(19,9-8-26-29(23,24)25)13-6-7-15(28(20,21)22)14(10-13)17-16-11-12-4-2-1-3-5-12/h1-7,10-11,17H,8-9H2,(H,20,21,22)(H,23,24,25). The molecule has 0 atom stereocenters. The minimum atomic E-state index is -4.81. The first-order valence-corrected chi connectivity index (χ1v) is 12.1. The minimum absolute atomic E-state index is 0.323. The Bertz CT molecular complexity index is 1210. The smallest absolute Gasteiger partial charge is 0.282 e. The summed E-state index contributed by atoms with van der Waals surface area (Å²) in [6.45, 7) is -0.851. The monoisotopic (exact) mass is 464 g/mol. The quantitative estimate of drug-likeness (QED) is 0.275. The lowest BCUT2D eigenvalue weighted by Gasteiger charge is -2.10. The second-order valence-corrected chi connectivity index (χ2v) is 10.1. The molecule has 0 heterocycles. The Labute approximate surface area is 167 Å². The van der Waals surface area contributed by atoms with E-state index in [1.807, 2.05) is 0 Å². The number of anilines is 1. The predicted molar refractivity (Wildman–Crippen MR) is 103 cm³/mol. The molecule has 0 aliphatic rings. The number of benzene rings is 2. The van der Waals surface area contributed by atoms with Crippen molar-refractivity contribution in [3.05, 3.63) is 54.1 Å². The van der Waals surface area contributed by atoms with Gasteiger partial charge in [0, 0.05) is 0 Å². The Hall–Kier alpha value is -2.36. The lowest BCUT2D eigenvalue weighted by atomic mass is 10.2. The van der Waals surface area contributed by atoms with Gasteiger partial charge < -0.3 is 0 Å². The number of hydrogen-bond acceptors (Lipinski definition) is 9. The highest BCUT2D eigenvalue weighted by atomic mass is 32.3. The molecule has 0 amide bonds. The van der Waals surface area contributed by atoms with Gasteiger partial charge >= 0.3 is 10.4 Å². The fraction of sp³-hybridized carbons (Fsp3) is 0.133. The van der Waals surface area contributed by atoms with Crippen molar-refractivity contribution >= 4 is 42.3 Å². The van der Waals surface area contributed by atoms with Crippen LogP contribution in [-0.4, -0.2) is 52.9 Å². The molecule has 0 spiro atoms. The summed E-state index contributed by atoms with van der Waals surface area (Å²) in [4.78, 5) is -1.00. The van der Waals surface area contributed by atoms with Crippen molar-refractivity contribution in [2.75, 3.05) is 17.8 Å². The van der Waals surface area contributed by atoms with Crippen molar-refractivity contribution in [3.8, 4) is 0 Å². The average Bonchev–Trinajstić information content (AvgIpc) is 2.60. The van der Waals surface area contributed by atoms with Crippen molar-refractivity contribution < 1.29 is 38.5 Å². The molecular weight excluding hydrogens is 448 g/mol. The van der Waals surface area contributed by atoms with Crippen molar-refractivity contribution in [2.45, 2.75) is 9.79 Å². The fourth-order valence-corrected chi connectivity index (χ4v) is 4.23. The largest absolute Gasteiger partial charge is 0.397 e. The lowest BCUT2D eigenvalue weighted by molar-refractivity contribution is 0.284. The average molecular weight is 464 g/mol. The number of rotatable bonds is 9. The van der Waals surface area contributed by atoms with Gasteiger partial charge in [0.25, 0.3) is 10.1 Å². The third kappa shape index (κ3) is 7.19. The van der Waals surface area contributed by atoms with Gasteiger partial charge in [0.1, 0.15) is 4.90 Å². The molecule has 158 valence electrons. The van der Waals surface area contributed by atoms with Crippen LogP contribution in [0.5, 0.6) is 0 Å². The highest BCUT2D eigenvalue weighted by Gasteiger charge is 2.22. The predicted octanol–water partition coefficient (Wildman–Crippen LogP) is 0.972. The van der Waals surface area contributed by atoms with Crippen molar-refractivity contribution in [1.82, 2.24) is 0 Å². The van der Waals surface area contributed by atoms with Crippen LogP contribution in [0.15, 0.2) is 63.4 Å². The molecule has 11 nitrogen and oxygen atoms in total. The normalized spacial score (nSPS) is 12.9. The third-order valence-corrected chi connectivity index (χ3v) is 6.42. The van der Waals surface area contributed by atoms with Gasteiger partial charge in [0.15, 0.2) is 9.84 Å². The topological polar surface area (TPSA) is 176 Å². The third-order valence-electron chi connectivity index (χ3n) is 3.37. The van der Waals surface area contributed by atoms with E-state index in [1.165, 1.54) is 6.21 Å². The second-order valence-electron chi connectivity index (χ2n) is 5.48. The molecule has 0 unspecified atom stereocenters. The molecule has 0 aliphatic carbocycles. The van der Waals surface area contributed by atoms with Gasteiger partial charge in [-0.1, -0.05) is 30.3 Å². The van der Waals surface area contributed by atoms with Gasteiger partial charge in [-0.25, -0.2) is 12.6 Å². The Balaban J connectivity index is 2.32. The van der Waals surface area contributed by atoms with E-state index in [9.17, 15) is 29.8 Å². The molecule has 14 heteroatoms. The molecule has 0 radical (unpaired) electrons. The summed E-state index contributed by atoms with van der Waals surface area (Å²) < 4.78 is 90.5. The number of hydrazone groups is 1. The van der Waals surface area contributed by atoms with Crippen LogP contribution in [-0.2, 0) is 34.5 Å². The van der Waals surface area contributed by atoms with Gasteiger partial charge in [0.05, 0.1) is 29.2 Å². The zero-order valence-corrected chi connectivity index (χ0v) is 17.0. The summed E-state index contributed by atoms with van der Waals surface area (Å²) in [5.41, 5.74) is 2.70. The molecule has 2 aromatic carbocycles. The molecule has 29 heavy (non-hydrogen) atoms. The van der Waals surface area contributed by atoms with Gasteiger partial charge in [-0.3, -0.25) is 14.5 Å². The maximum absolute atomic E-state index is 12.3. The molecule has 3 N–H and O–H groups in total. The maximum Gasteiger partial charge on any atom is 0.397 e. The van der Waals surface area contributed by atoms with E-state index in [2.05, 4.69) is 14.7 Å². The van der Waals surface area contributed by atoms with Crippen LogP contribution in [0.4, 0.5) is 5.69 Å². The Morgan fingerprint density at radius 1 is 0.966 bits per heavy atom. The first-order chi connectivity index (χ1) is 13.4. The molecule has 2 aromatic rings. The zero-order chi connectivity index (χ0) is 21.7. The number of nitrogens with zero attached hydrogens (tertiary/aromatic N) is 1. The molecule has 0 fully saturated rings. The van der Waals surface area contributed by atoms with E-state index >= 15 is 0 Å². The van der Waals surface area contributed by atoms with Gasteiger partial charge in [-0.15, -0.1) is 0 Å². The van der Waals surface area contributed by atoms with E-state index in [1.54, 1.807) is 30.3 Å². The molecule has 0 saturated heterocycles. The summed E-state index contributed by atoms with van der Waals surface area (Å²) in [5.74, 6) is -0.815. The van der Waals surface area contributed by atoms with Crippen LogP contribution in [0, 0.1) is 0 Å². The summed E-state index contributed by atoms with van der Waals surface area (Å²) in [5, 5.41) is 3.82. The van der Waals surface area contributed by atoms with E-state index in [0.29, 0.717) is 5.56 Å². The lowest BCUT2D eigenvalue weighted by Crippen LogP contribution is -2.16. The minimum Gasteiger partial charge on any atom is -0.282 e. The Morgan fingerprint density at radius 3 is 2.21 bits per heavy atom. The molecule has 0 aromatic heterocycles. The highest BCUT2D eigenvalue weighted by Crippen LogP contribution is 2.25. The second kappa shape index (κ2) is 8.98. The molecule has 2 rings (SSSR count). The van der Waals surface area contributed by atoms with Crippen LogP contribution in [0.25, 0.3) is 0 Å². The van der Waals surface area contributed by atoms with E-state index in [-0.39, 0.29) is 10.6 Å². The number of nitrogens with one attached hydrogen (secondary N) is 1. The summed E-state index contributed by atoms with van der Waals surface area (Å²) in [6, 6.07) is 11.4. The molecule has 0 bridgehead atoms. The van der Waals surface area contributed by atoms with Crippen LogP contribution >= 0.6 is 0 Å². The first-order valence-electron chi connectivity index (χ1n) is 7.69. The molecule has 0 aliphatic heterocycles. The molecule has 0 saturated carbocycles. The van der Waals surface area contributed by atoms with Gasteiger partial charge in [-0.2, -0.15) is 21.9 Å². The zero-order valence-electron chi connectivity index (χ0n) is 14.5. The number of hydrogen-bond donors (Lipinski definition) is 3. The van der Waals surface area contributed by atoms with E-state index < -0.39 is 47.6 Å². The van der Waals surface area contributed by atoms with Crippen molar-refractivity contribution in [3.63, 3.8) is 0 Å². The molecular formula is C15H16N2O9S3. The fourth-order valence-electron chi connectivity index (χ4n) is 2.10. The maximum atomic E-state index is 12.3. The SMILES string of the molecule is O=S(=O)(O)OCCS(=O)(=O)c1ccc(S(=O)(=O)O)c(NN=Cc2ccccc2)c1. The van der Waals surface area contributed by atoms with Crippen LogP contribution in [0.3, 0.4) is 0 Å². The van der Waals surface area contributed by atoms with Crippen LogP contribution in [0.1, 0.15) is 5.56 Å². The summed E-state index contributed by atoms with van der Waals surface area (Å²) in [7, 11) is -13.6. The first kappa shape index (κ1) is 22.9. The van der Waals surface area contributed by atoms with E-state index in [0.717, 1.165) is 18.2 Å². The summed E-state index contributed by atoms with van der Waals surface area (Å²) >= 11 is 0. The Morgan fingerprint density at radius 2 is 1.62 bits per heavy atom. The van der Waals surface area contributed by atoms with Gasteiger partial charge in [0.2, 0.25) is 0 Å². The van der Waals surface area contributed by atoms with Crippen LogP contribution in [0.2, 0.25) is 0 Å². The Kier molecular flexibility index (Phi) is 7.10. The van der Waals surface area contributed by atoms with E-state index in [4.69, 9.17) is 4.55 Å². The highest BCUT2D eigenvalue weighted by molar-refractivity contribution is 7.91. The van der Waals surface area contributed by atoms with Crippen molar-refractivity contribution in [2.24, 2.45) is 5.10 Å². The number of sulfone groups is 1. The van der Waals surface area contributed by atoms with Crippen LogP contribution < -0.4 is 5.43 Å². The van der Waals surface area contributed by atoms with Crippen molar-refractivity contribution in [1.29, 1.82) is 0 Å².